The van der Waals surface area contributed by atoms with Crippen molar-refractivity contribution < 1.29 is 14.7 Å². The van der Waals surface area contributed by atoms with Crippen LogP contribution in [0.25, 0.3) is 11.3 Å². The number of rotatable bonds is 7. The summed E-state index contributed by atoms with van der Waals surface area (Å²) in [6, 6.07) is 8.33. The Bertz CT molecular complexity index is 674. The first-order valence-electron chi connectivity index (χ1n) is 7.52. The van der Waals surface area contributed by atoms with Crippen molar-refractivity contribution in [3.05, 3.63) is 48.4 Å². The Labute approximate surface area is 134 Å². The first-order valence-corrected chi connectivity index (χ1v) is 7.52. The Morgan fingerprint density at radius 3 is 2.65 bits per heavy atom. The highest BCUT2D eigenvalue weighted by atomic mass is 16.4. The number of carboxylic acids is 1. The van der Waals surface area contributed by atoms with Crippen LogP contribution in [0.4, 0.5) is 0 Å². The molecule has 1 amide bonds. The molecule has 0 saturated carbocycles. The maximum absolute atomic E-state index is 12.5. The molecule has 2 rings (SSSR count). The number of benzene rings is 1. The average molecular weight is 313 g/mol. The smallest absolute Gasteiger partial charge is 0.326 e. The van der Waals surface area contributed by atoms with E-state index in [1.807, 2.05) is 37.3 Å². The van der Waals surface area contributed by atoms with Gasteiger partial charge in [-0.2, -0.15) is 0 Å². The van der Waals surface area contributed by atoms with Crippen LogP contribution in [0.1, 0.15) is 36.5 Å². The Morgan fingerprint density at radius 1 is 1.26 bits per heavy atom. The van der Waals surface area contributed by atoms with Gasteiger partial charge in [-0.15, -0.1) is 0 Å². The maximum Gasteiger partial charge on any atom is 0.326 e. The molecule has 6 heteroatoms. The number of aliphatic carboxylic acids is 1. The lowest BCUT2D eigenvalue weighted by molar-refractivity contribution is -0.139. The summed E-state index contributed by atoms with van der Waals surface area (Å²) < 4.78 is 0. The fourth-order valence-electron chi connectivity index (χ4n) is 2.22. The Kier molecular flexibility index (Phi) is 5.80. The van der Waals surface area contributed by atoms with Crippen molar-refractivity contribution in [2.45, 2.75) is 32.2 Å². The standard InChI is InChI=1S/C17H19N3O3/c1-2-3-9-14(17(22)23)20-16(21)13-10-18-11-19-15(13)12-7-5-4-6-8-12/h4-8,10-11,14H,2-3,9H2,1H3,(H,20,21)(H,22,23). The lowest BCUT2D eigenvalue weighted by Crippen LogP contribution is -2.41. The van der Waals surface area contributed by atoms with Gasteiger partial charge in [0, 0.05) is 11.8 Å². The second-order valence-corrected chi connectivity index (χ2v) is 5.16. The molecule has 120 valence electrons. The van der Waals surface area contributed by atoms with Gasteiger partial charge in [0.25, 0.3) is 5.91 Å². The first kappa shape index (κ1) is 16.6. The predicted molar refractivity (Wildman–Crippen MR) is 85.9 cm³/mol. The molecule has 2 N–H and O–H groups in total. The van der Waals surface area contributed by atoms with Gasteiger partial charge in [0.1, 0.15) is 12.4 Å². The molecule has 1 unspecified atom stereocenters. The molecule has 1 atom stereocenters. The maximum atomic E-state index is 12.5. The van der Waals surface area contributed by atoms with E-state index >= 15 is 0 Å². The molecule has 0 fully saturated rings. The Morgan fingerprint density at radius 2 is 2.00 bits per heavy atom. The second kappa shape index (κ2) is 8.03. The molecule has 0 aliphatic heterocycles. The number of hydrogen-bond donors (Lipinski definition) is 2. The third kappa shape index (κ3) is 4.35. The zero-order chi connectivity index (χ0) is 16.7. The van der Waals surface area contributed by atoms with Crippen LogP contribution >= 0.6 is 0 Å². The van der Waals surface area contributed by atoms with E-state index < -0.39 is 17.9 Å². The van der Waals surface area contributed by atoms with Crippen LogP contribution in [0.5, 0.6) is 0 Å². The van der Waals surface area contributed by atoms with Crippen LogP contribution in [0.3, 0.4) is 0 Å². The molecule has 0 spiro atoms. The van der Waals surface area contributed by atoms with Crippen LogP contribution < -0.4 is 5.32 Å². The minimum absolute atomic E-state index is 0.265. The quantitative estimate of drug-likeness (QED) is 0.819. The number of hydrogen-bond acceptors (Lipinski definition) is 4. The van der Waals surface area contributed by atoms with Crippen LogP contribution in [-0.4, -0.2) is 33.0 Å². The Balaban J connectivity index is 2.24. The molecule has 0 saturated heterocycles. The highest BCUT2D eigenvalue weighted by Crippen LogP contribution is 2.20. The fourth-order valence-corrected chi connectivity index (χ4v) is 2.22. The summed E-state index contributed by atoms with van der Waals surface area (Å²) in [4.78, 5) is 31.8. The van der Waals surface area contributed by atoms with Gasteiger partial charge in [0.2, 0.25) is 0 Å². The summed E-state index contributed by atoms with van der Waals surface area (Å²) >= 11 is 0. The van der Waals surface area contributed by atoms with Gasteiger partial charge in [-0.1, -0.05) is 50.1 Å². The first-order chi connectivity index (χ1) is 11.1. The molecule has 2 aromatic rings. The van der Waals surface area contributed by atoms with Crippen molar-refractivity contribution in [2.75, 3.05) is 0 Å². The highest BCUT2D eigenvalue weighted by Gasteiger charge is 2.22. The molecule has 0 bridgehead atoms. The minimum Gasteiger partial charge on any atom is -0.480 e. The van der Waals surface area contributed by atoms with E-state index in [1.54, 1.807) is 0 Å². The topological polar surface area (TPSA) is 92.2 Å². The van der Waals surface area contributed by atoms with Crippen LogP contribution in [0.2, 0.25) is 0 Å². The number of amides is 1. The SMILES string of the molecule is CCCCC(NC(=O)c1cncnc1-c1ccccc1)C(=O)O. The molecule has 6 nitrogen and oxygen atoms in total. The van der Waals surface area contributed by atoms with E-state index in [9.17, 15) is 14.7 Å². The van der Waals surface area contributed by atoms with Crippen molar-refractivity contribution in [1.82, 2.24) is 15.3 Å². The summed E-state index contributed by atoms with van der Waals surface area (Å²) in [6.45, 7) is 1.97. The van der Waals surface area contributed by atoms with Crippen molar-refractivity contribution in [3.63, 3.8) is 0 Å². The van der Waals surface area contributed by atoms with Crippen LogP contribution in [0.15, 0.2) is 42.9 Å². The summed E-state index contributed by atoms with van der Waals surface area (Å²) in [5.41, 5.74) is 1.53. The zero-order valence-electron chi connectivity index (χ0n) is 12.9. The number of unbranched alkanes of at least 4 members (excludes halogenated alkanes) is 1. The number of carboxylic acid groups (broad SMARTS) is 1. The van der Waals surface area contributed by atoms with Crippen molar-refractivity contribution >= 4 is 11.9 Å². The van der Waals surface area contributed by atoms with E-state index in [4.69, 9.17) is 0 Å². The summed E-state index contributed by atoms with van der Waals surface area (Å²) in [5.74, 6) is -1.52. The van der Waals surface area contributed by atoms with Gasteiger partial charge in [-0.3, -0.25) is 4.79 Å². The summed E-state index contributed by atoms with van der Waals surface area (Å²) in [7, 11) is 0. The zero-order valence-corrected chi connectivity index (χ0v) is 12.9. The van der Waals surface area contributed by atoms with Crippen molar-refractivity contribution in [2.24, 2.45) is 0 Å². The highest BCUT2D eigenvalue weighted by molar-refractivity contribution is 6.01. The fraction of sp³-hybridized carbons (Fsp3) is 0.294. The minimum atomic E-state index is -1.04. The van der Waals surface area contributed by atoms with Gasteiger partial charge < -0.3 is 10.4 Å². The van der Waals surface area contributed by atoms with Gasteiger partial charge in [-0.05, 0) is 6.42 Å². The van der Waals surface area contributed by atoms with Crippen molar-refractivity contribution in [3.8, 4) is 11.3 Å². The molecule has 0 aliphatic rings. The number of nitrogens with one attached hydrogen (secondary N) is 1. The normalized spacial score (nSPS) is 11.7. The molecule has 1 aromatic carbocycles. The monoisotopic (exact) mass is 313 g/mol. The molecular weight excluding hydrogens is 294 g/mol. The largest absolute Gasteiger partial charge is 0.480 e. The average Bonchev–Trinajstić information content (AvgIpc) is 2.59. The molecule has 0 aliphatic carbocycles. The summed E-state index contributed by atoms with van der Waals surface area (Å²) in [6.07, 6.45) is 4.76. The molecule has 1 heterocycles. The molecule has 23 heavy (non-hydrogen) atoms. The molecular formula is C17H19N3O3. The van der Waals surface area contributed by atoms with E-state index in [1.165, 1.54) is 12.5 Å². The number of nitrogens with zero attached hydrogens (tertiary/aromatic N) is 2. The van der Waals surface area contributed by atoms with Crippen molar-refractivity contribution in [1.29, 1.82) is 0 Å². The molecule has 0 radical (unpaired) electrons. The van der Waals surface area contributed by atoms with E-state index in [0.717, 1.165) is 18.4 Å². The Hall–Kier alpha value is -2.76. The van der Waals surface area contributed by atoms with Crippen LogP contribution in [0, 0.1) is 0 Å². The number of aromatic nitrogens is 2. The van der Waals surface area contributed by atoms with Gasteiger partial charge in [0.05, 0.1) is 11.3 Å². The number of carbonyl (C=O) groups is 2. The lowest BCUT2D eigenvalue weighted by atomic mass is 10.1. The predicted octanol–water partition coefficient (Wildman–Crippen LogP) is 2.52. The van der Waals surface area contributed by atoms with E-state index in [0.29, 0.717) is 12.1 Å². The van der Waals surface area contributed by atoms with Crippen LogP contribution in [-0.2, 0) is 4.79 Å². The third-order valence-corrected chi connectivity index (χ3v) is 3.45. The van der Waals surface area contributed by atoms with Gasteiger partial charge >= 0.3 is 5.97 Å². The second-order valence-electron chi connectivity index (χ2n) is 5.16. The van der Waals surface area contributed by atoms with E-state index in [2.05, 4.69) is 15.3 Å². The van der Waals surface area contributed by atoms with E-state index in [-0.39, 0.29) is 5.56 Å². The summed E-state index contributed by atoms with van der Waals surface area (Å²) in [5, 5.41) is 11.8. The molecule has 1 aromatic heterocycles. The van der Waals surface area contributed by atoms with Gasteiger partial charge in [0.15, 0.2) is 0 Å². The number of carbonyl (C=O) groups excluding carboxylic acids is 1. The lowest BCUT2D eigenvalue weighted by Gasteiger charge is -2.15. The van der Waals surface area contributed by atoms with Gasteiger partial charge in [-0.25, -0.2) is 14.8 Å². The third-order valence-electron chi connectivity index (χ3n) is 3.45.